The van der Waals surface area contributed by atoms with Gasteiger partial charge in [-0.2, -0.15) is 0 Å². The quantitative estimate of drug-likeness (QED) is 0.420. The largest absolute Gasteiger partial charge is 0.616 e. The van der Waals surface area contributed by atoms with E-state index in [1.165, 1.54) is 28.4 Å². The molecule has 3 saturated heterocycles. The Morgan fingerprint density at radius 3 is 2.81 bits per heavy atom. The number of hydrazine groups is 1. The fourth-order valence-corrected chi connectivity index (χ4v) is 5.56. The number of anilines is 2. The minimum Gasteiger partial charge on any atom is -0.616 e. The van der Waals surface area contributed by atoms with Gasteiger partial charge in [-0.15, -0.1) is 0 Å². The van der Waals surface area contributed by atoms with E-state index in [1.807, 2.05) is 4.90 Å². The van der Waals surface area contributed by atoms with Crippen LogP contribution >= 0.6 is 0 Å². The van der Waals surface area contributed by atoms with E-state index in [2.05, 4.69) is 0 Å². The lowest BCUT2D eigenvalue weighted by molar-refractivity contribution is 0.122. The topological polar surface area (TPSA) is 111 Å². The van der Waals surface area contributed by atoms with Gasteiger partial charge in [0.25, 0.3) is 0 Å². The Bertz CT molecular complexity index is 765. The molecular weight excluding hydrogens is 373 g/mol. The predicted molar refractivity (Wildman–Crippen MR) is 101 cm³/mol. The molecule has 0 aromatic heterocycles. The van der Waals surface area contributed by atoms with E-state index < -0.39 is 23.4 Å². The molecule has 0 radical (unpaired) electrons. The molecule has 1 spiro atoms. The number of nitrogens with zero attached hydrogens (tertiary/aromatic N) is 3. The van der Waals surface area contributed by atoms with Crippen LogP contribution in [0.15, 0.2) is 30.6 Å². The second-order valence-electron chi connectivity index (χ2n) is 7.37. The summed E-state index contributed by atoms with van der Waals surface area (Å²) in [7, 11) is 0. The number of rotatable bonds is 5. The second kappa shape index (κ2) is 6.77. The van der Waals surface area contributed by atoms with Gasteiger partial charge >= 0.3 is 6.09 Å². The van der Waals surface area contributed by atoms with Gasteiger partial charge < -0.3 is 24.9 Å². The van der Waals surface area contributed by atoms with Crippen molar-refractivity contribution in [2.75, 3.05) is 47.5 Å². The summed E-state index contributed by atoms with van der Waals surface area (Å²) in [4.78, 5) is 15.5. The number of amides is 1. The van der Waals surface area contributed by atoms with Crippen molar-refractivity contribution in [1.82, 2.24) is 5.01 Å². The molecule has 1 amide bonds. The third-order valence-electron chi connectivity index (χ3n) is 5.14. The van der Waals surface area contributed by atoms with Crippen molar-refractivity contribution in [3.05, 3.63) is 36.4 Å². The van der Waals surface area contributed by atoms with Gasteiger partial charge in [-0.05, 0) is 18.2 Å². The number of hydrogen-bond acceptors (Lipinski definition) is 7. The summed E-state index contributed by atoms with van der Waals surface area (Å²) >= 11 is -0.708. The minimum atomic E-state index is -0.708. The smallest absolute Gasteiger partial charge is 0.414 e. The van der Waals surface area contributed by atoms with Gasteiger partial charge in [-0.3, -0.25) is 4.90 Å². The van der Waals surface area contributed by atoms with Gasteiger partial charge in [0.15, 0.2) is 0 Å². The molecule has 1 aromatic carbocycles. The molecule has 8 nitrogen and oxygen atoms in total. The first kappa shape index (κ1) is 18.2. The number of halogens is 1. The van der Waals surface area contributed by atoms with Crippen LogP contribution in [0.3, 0.4) is 0 Å². The van der Waals surface area contributed by atoms with Crippen molar-refractivity contribution in [1.29, 1.82) is 0 Å². The number of hydrogen-bond donors (Lipinski definition) is 2. The second-order valence-corrected chi connectivity index (χ2v) is 8.83. The number of benzene rings is 1. The van der Waals surface area contributed by atoms with E-state index >= 15 is 0 Å². The lowest BCUT2D eigenvalue weighted by Gasteiger charge is -2.55. The zero-order valence-electron chi connectivity index (χ0n) is 14.7. The Kier molecular flexibility index (Phi) is 4.57. The highest BCUT2D eigenvalue weighted by Crippen LogP contribution is 2.44. The zero-order chi connectivity index (χ0) is 19.2. The lowest BCUT2D eigenvalue weighted by atomic mass is 9.82. The van der Waals surface area contributed by atoms with E-state index in [9.17, 15) is 13.7 Å². The first-order valence-electron chi connectivity index (χ1n) is 8.66. The summed E-state index contributed by atoms with van der Waals surface area (Å²) in [5.74, 6) is 6.75. The first-order valence-corrected chi connectivity index (χ1v) is 10.2. The summed E-state index contributed by atoms with van der Waals surface area (Å²) in [6.45, 7) is 2.02. The maximum atomic E-state index is 14.6. The molecule has 27 heavy (non-hydrogen) atoms. The molecule has 1 atom stereocenters. The molecule has 3 fully saturated rings. The van der Waals surface area contributed by atoms with Gasteiger partial charge in [-0.25, -0.2) is 15.0 Å². The molecule has 0 aliphatic carbocycles. The highest BCUT2D eigenvalue weighted by molar-refractivity contribution is 7.92. The Balaban J connectivity index is 1.40. The van der Waals surface area contributed by atoms with E-state index in [-0.39, 0.29) is 24.3 Å². The van der Waals surface area contributed by atoms with Gasteiger partial charge in [0.05, 0.1) is 29.9 Å². The van der Waals surface area contributed by atoms with Crippen LogP contribution in [-0.4, -0.2) is 59.4 Å². The highest BCUT2D eigenvalue weighted by atomic mass is 32.2. The van der Waals surface area contributed by atoms with Gasteiger partial charge in [0.1, 0.15) is 23.4 Å². The van der Waals surface area contributed by atoms with Crippen LogP contribution in [0.4, 0.5) is 20.6 Å². The minimum absolute atomic E-state index is 0.105. The molecule has 3 aliphatic rings. The summed E-state index contributed by atoms with van der Waals surface area (Å²) < 4.78 is 31.2. The molecule has 3 heterocycles. The van der Waals surface area contributed by atoms with E-state index in [0.29, 0.717) is 22.9 Å². The van der Waals surface area contributed by atoms with Gasteiger partial charge in [0.2, 0.25) is 0 Å². The van der Waals surface area contributed by atoms with Crippen LogP contribution < -0.4 is 21.4 Å². The lowest BCUT2D eigenvalue weighted by Crippen LogP contribution is -2.68. The first-order chi connectivity index (χ1) is 12.9. The van der Waals surface area contributed by atoms with E-state index in [0.717, 1.165) is 13.1 Å². The fraction of sp³-hybridized carbons (Fsp3) is 0.471. The SMILES string of the molecule is N/C=C\N(N)C[C@H]1CN(c2ccc(N3CC4(C3)C[S+]([O-])C4)c(F)c2)C(=O)O1. The maximum Gasteiger partial charge on any atom is 0.414 e. The summed E-state index contributed by atoms with van der Waals surface area (Å²) in [6, 6.07) is 4.75. The third-order valence-corrected chi connectivity index (χ3v) is 7.01. The summed E-state index contributed by atoms with van der Waals surface area (Å²) in [5.41, 5.74) is 6.33. The van der Waals surface area contributed by atoms with Crippen molar-refractivity contribution in [3.63, 3.8) is 0 Å². The fourth-order valence-electron chi connectivity index (χ4n) is 3.91. The van der Waals surface area contributed by atoms with Gasteiger partial charge in [0, 0.05) is 25.5 Å². The maximum absolute atomic E-state index is 14.6. The standard InChI is InChI=1S/C17H22FN5O3S/c18-14-5-12(23-7-13(26-16(23)24)6-22(20)4-3-19)1-2-15(14)21-8-17(9-21)10-27(25)11-17/h1-5,13H,6-11,19-20H2/b4-3-/t13-/m0/s1. The summed E-state index contributed by atoms with van der Waals surface area (Å²) in [5, 5.41) is 1.33. The number of carbonyl (C=O) groups is 1. The Morgan fingerprint density at radius 1 is 1.44 bits per heavy atom. The predicted octanol–water partition coefficient (Wildman–Crippen LogP) is 0.325. The van der Waals surface area contributed by atoms with E-state index in [1.54, 1.807) is 12.1 Å². The molecule has 1 aromatic rings. The van der Waals surface area contributed by atoms with Gasteiger partial charge in [-0.1, -0.05) is 11.2 Å². The van der Waals surface area contributed by atoms with Crippen LogP contribution in [0.5, 0.6) is 0 Å². The Morgan fingerprint density at radius 2 is 2.19 bits per heavy atom. The summed E-state index contributed by atoms with van der Waals surface area (Å²) in [6.07, 6.45) is 1.81. The normalized spacial score (nSPS) is 24.3. The molecule has 146 valence electrons. The van der Waals surface area contributed by atoms with Crippen molar-refractivity contribution < 1.29 is 18.5 Å². The molecule has 0 saturated carbocycles. The average molecular weight is 395 g/mol. The van der Waals surface area contributed by atoms with E-state index in [4.69, 9.17) is 16.3 Å². The average Bonchev–Trinajstić information content (AvgIpc) is 2.90. The molecule has 3 aliphatic heterocycles. The number of carbonyl (C=O) groups excluding carboxylic acids is 1. The van der Waals surface area contributed by atoms with Crippen molar-refractivity contribution in [2.24, 2.45) is 17.0 Å². The number of ether oxygens (including phenoxy) is 1. The van der Waals surface area contributed by atoms with Crippen molar-refractivity contribution >= 4 is 28.6 Å². The zero-order valence-corrected chi connectivity index (χ0v) is 15.5. The van der Waals surface area contributed by atoms with Crippen molar-refractivity contribution in [3.8, 4) is 0 Å². The highest BCUT2D eigenvalue weighted by Gasteiger charge is 2.57. The van der Waals surface area contributed by atoms with Crippen LogP contribution in [0.2, 0.25) is 0 Å². The Labute approximate surface area is 159 Å². The monoisotopic (exact) mass is 395 g/mol. The molecule has 4 N–H and O–H groups in total. The Hall–Kier alpha value is -2.17. The van der Waals surface area contributed by atoms with Crippen LogP contribution in [0.1, 0.15) is 0 Å². The van der Waals surface area contributed by atoms with Crippen LogP contribution in [0, 0.1) is 11.2 Å². The number of cyclic esters (lactones) is 1. The van der Waals surface area contributed by atoms with Crippen LogP contribution in [-0.2, 0) is 15.9 Å². The molecule has 10 heteroatoms. The molecule has 4 rings (SSSR count). The molecule has 0 unspecified atom stereocenters. The van der Waals surface area contributed by atoms with Crippen molar-refractivity contribution in [2.45, 2.75) is 6.10 Å². The van der Waals surface area contributed by atoms with Crippen LogP contribution in [0.25, 0.3) is 0 Å². The third kappa shape index (κ3) is 3.40. The molecule has 0 bridgehead atoms. The number of nitrogens with two attached hydrogens (primary N) is 2. The molecular formula is C17H22FN5O3S.